The number of rotatable bonds is 5. The molecule has 0 aliphatic carbocycles. The number of nitrogens with one attached hydrogen (secondary N) is 1. The Morgan fingerprint density at radius 2 is 1.89 bits per heavy atom. The fraction of sp³-hybridized carbons (Fsp3) is 0.318. The number of Topliss-reactive ketones (excluding diaryl/α,β-unsaturated/α-hetero) is 1. The molecular formula is C22H24N2O4. The predicted octanol–water partition coefficient (Wildman–Crippen LogP) is 3.73. The molecule has 146 valence electrons. The van der Waals surface area contributed by atoms with E-state index in [0.29, 0.717) is 22.7 Å². The van der Waals surface area contributed by atoms with E-state index >= 15 is 0 Å². The molecule has 0 spiro atoms. The number of amides is 2. The van der Waals surface area contributed by atoms with E-state index in [1.165, 1.54) is 6.92 Å². The van der Waals surface area contributed by atoms with E-state index in [1.54, 1.807) is 43.0 Å². The predicted molar refractivity (Wildman–Crippen MR) is 108 cm³/mol. The number of carbonyl (C=O) groups excluding carboxylic acids is 3. The number of ether oxygens (including phenoxy) is 1. The molecule has 6 nitrogen and oxygen atoms in total. The van der Waals surface area contributed by atoms with Gasteiger partial charge in [-0.25, -0.2) is 0 Å². The summed E-state index contributed by atoms with van der Waals surface area (Å²) in [7, 11) is 0. The molecule has 0 bridgehead atoms. The number of ketones is 1. The Kier molecular flexibility index (Phi) is 5.23. The van der Waals surface area contributed by atoms with Crippen LogP contribution in [0.5, 0.6) is 5.75 Å². The van der Waals surface area contributed by atoms with Crippen molar-refractivity contribution in [3.05, 3.63) is 53.6 Å². The van der Waals surface area contributed by atoms with Gasteiger partial charge in [-0.05, 0) is 57.5 Å². The van der Waals surface area contributed by atoms with E-state index in [-0.39, 0.29) is 30.6 Å². The van der Waals surface area contributed by atoms with Gasteiger partial charge in [0.15, 0.2) is 11.4 Å². The van der Waals surface area contributed by atoms with Gasteiger partial charge in [-0.1, -0.05) is 18.2 Å². The standard InChI is InChI=1S/C22H24N2O4/c1-14-8-9-19-18(12-14)24(21(27)22(3,4)28-19)11-10-20(26)23-17-7-5-6-16(13-17)15(2)25/h5-9,12-13H,10-11H2,1-4H3,(H,23,26). The molecule has 0 unspecified atom stereocenters. The number of aryl methyl sites for hydroxylation is 1. The van der Waals surface area contributed by atoms with Crippen LogP contribution in [-0.4, -0.2) is 29.7 Å². The second-order valence-electron chi connectivity index (χ2n) is 7.48. The molecule has 2 aromatic carbocycles. The highest BCUT2D eigenvalue weighted by molar-refractivity contribution is 6.03. The van der Waals surface area contributed by atoms with Gasteiger partial charge in [-0.2, -0.15) is 0 Å². The SMILES string of the molecule is CC(=O)c1cccc(NC(=O)CCN2C(=O)C(C)(C)Oc3ccc(C)cc32)c1. The maximum Gasteiger partial charge on any atom is 0.270 e. The summed E-state index contributed by atoms with van der Waals surface area (Å²) in [6.07, 6.45) is 0.125. The Hall–Kier alpha value is -3.15. The summed E-state index contributed by atoms with van der Waals surface area (Å²) in [5, 5.41) is 2.79. The van der Waals surface area contributed by atoms with E-state index in [4.69, 9.17) is 4.74 Å². The molecule has 0 fully saturated rings. The summed E-state index contributed by atoms with van der Waals surface area (Å²) in [5.74, 6) is 0.151. The van der Waals surface area contributed by atoms with Crippen LogP contribution >= 0.6 is 0 Å². The normalized spacial score (nSPS) is 14.9. The number of hydrogen-bond acceptors (Lipinski definition) is 4. The highest BCUT2D eigenvalue weighted by Gasteiger charge is 2.40. The van der Waals surface area contributed by atoms with Crippen LogP contribution in [0.4, 0.5) is 11.4 Å². The van der Waals surface area contributed by atoms with E-state index < -0.39 is 5.60 Å². The minimum absolute atomic E-state index is 0.0655. The van der Waals surface area contributed by atoms with Crippen LogP contribution in [0.2, 0.25) is 0 Å². The monoisotopic (exact) mass is 380 g/mol. The van der Waals surface area contributed by atoms with Gasteiger partial charge in [0.05, 0.1) is 5.69 Å². The minimum atomic E-state index is -0.992. The van der Waals surface area contributed by atoms with E-state index in [2.05, 4.69) is 5.32 Å². The van der Waals surface area contributed by atoms with Crippen molar-refractivity contribution in [2.45, 2.75) is 39.7 Å². The molecular weight excluding hydrogens is 356 g/mol. The Bertz CT molecular complexity index is 949. The summed E-state index contributed by atoms with van der Waals surface area (Å²) in [5.41, 5.74) is 1.78. The number of fused-ring (bicyclic) bond motifs is 1. The number of hydrogen-bond donors (Lipinski definition) is 1. The van der Waals surface area contributed by atoms with Crippen molar-refractivity contribution in [2.24, 2.45) is 0 Å². The van der Waals surface area contributed by atoms with Crippen molar-refractivity contribution in [1.82, 2.24) is 0 Å². The lowest BCUT2D eigenvalue weighted by molar-refractivity contribution is -0.132. The zero-order valence-corrected chi connectivity index (χ0v) is 16.5. The van der Waals surface area contributed by atoms with Crippen molar-refractivity contribution in [1.29, 1.82) is 0 Å². The van der Waals surface area contributed by atoms with E-state index in [9.17, 15) is 14.4 Å². The van der Waals surface area contributed by atoms with Crippen LogP contribution in [0.3, 0.4) is 0 Å². The molecule has 1 aliphatic rings. The van der Waals surface area contributed by atoms with Crippen LogP contribution < -0.4 is 15.0 Å². The van der Waals surface area contributed by atoms with Crippen molar-refractivity contribution in [2.75, 3.05) is 16.8 Å². The third-order valence-electron chi connectivity index (χ3n) is 4.65. The summed E-state index contributed by atoms with van der Waals surface area (Å²) in [4.78, 5) is 38.4. The van der Waals surface area contributed by atoms with Gasteiger partial charge >= 0.3 is 0 Å². The van der Waals surface area contributed by atoms with Crippen molar-refractivity contribution in [3.63, 3.8) is 0 Å². The molecule has 3 rings (SSSR count). The first-order valence-electron chi connectivity index (χ1n) is 9.20. The minimum Gasteiger partial charge on any atom is -0.476 e. The lowest BCUT2D eigenvalue weighted by Crippen LogP contribution is -2.53. The van der Waals surface area contributed by atoms with Gasteiger partial charge in [-0.15, -0.1) is 0 Å². The molecule has 1 heterocycles. The molecule has 2 aromatic rings. The van der Waals surface area contributed by atoms with E-state index in [0.717, 1.165) is 5.56 Å². The average Bonchev–Trinajstić information content (AvgIpc) is 2.63. The lowest BCUT2D eigenvalue weighted by Gasteiger charge is -2.38. The van der Waals surface area contributed by atoms with Crippen molar-refractivity contribution >= 4 is 29.0 Å². The maximum absolute atomic E-state index is 12.8. The second kappa shape index (κ2) is 7.46. The Morgan fingerprint density at radius 3 is 2.61 bits per heavy atom. The molecule has 28 heavy (non-hydrogen) atoms. The lowest BCUT2D eigenvalue weighted by atomic mass is 10.0. The molecule has 0 aromatic heterocycles. The first-order chi connectivity index (χ1) is 13.2. The second-order valence-corrected chi connectivity index (χ2v) is 7.48. The highest BCUT2D eigenvalue weighted by Crippen LogP contribution is 2.38. The molecule has 2 amide bonds. The van der Waals surface area contributed by atoms with Gasteiger partial charge in [0.1, 0.15) is 5.75 Å². The molecule has 0 saturated heterocycles. The first kappa shape index (κ1) is 19.6. The number of nitrogens with zero attached hydrogens (tertiary/aromatic N) is 1. The zero-order valence-electron chi connectivity index (χ0n) is 16.5. The van der Waals surface area contributed by atoms with Crippen LogP contribution in [0, 0.1) is 6.92 Å². The summed E-state index contributed by atoms with van der Waals surface area (Å²) in [6.45, 7) is 7.10. The van der Waals surface area contributed by atoms with E-state index in [1.807, 2.05) is 25.1 Å². The van der Waals surface area contributed by atoms with Gasteiger partial charge in [0, 0.05) is 24.2 Å². The smallest absolute Gasteiger partial charge is 0.270 e. The van der Waals surface area contributed by atoms with Gasteiger partial charge < -0.3 is 15.0 Å². The first-order valence-corrected chi connectivity index (χ1v) is 9.20. The Balaban J connectivity index is 1.73. The molecule has 1 N–H and O–H groups in total. The zero-order chi connectivity index (χ0) is 20.5. The van der Waals surface area contributed by atoms with Gasteiger partial charge in [0.2, 0.25) is 5.91 Å². The topological polar surface area (TPSA) is 75.7 Å². The summed E-state index contributed by atoms with van der Waals surface area (Å²) < 4.78 is 5.83. The fourth-order valence-corrected chi connectivity index (χ4v) is 3.15. The van der Waals surface area contributed by atoms with Gasteiger partial charge in [-0.3, -0.25) is 14.4 Å². The Labute approximate surface area is 164 Å². The largest absolute Gasteiger partial charge is 0.476 e. The number of carbonyl (C=O) groups is 3. The van der Waals surface area contributed by atoms with Crippen molar-refractivity contribution in [3.8, 4) is 5.75 Å². The van der Waals surface area contributed by atoms with Crippen molar-refractivity contribution < 1.29 is 19.1 Å². The van der Waals surface area contributed by atoms with Gasteiger partial charge in [0.25, 0.3) is 5.91 Å². The fourth-order valence-electron chi connectivity index (χ4n) is 3.15. The Morgan fingerprint density at radius 1 is 1.14 bits per heavy atom. The highest BCUT2D eigenvalue weighted by atomic mass is 16.5. The molecule has 0 atom stereocenters. The number of benzene rings is 2. The van der Waals surface area contributed by atoms with Crippen LogP contribution in [0.25, 0.3) is 0 Å². The van der Waals surface area contributed by atoms with Crippen LogP contribution in [0.1, 0.15) is 43.1 Å². The third-order valence-corrected chi connectivity index (χ3v) is 4.65. The quantitative estimate of drug-likeness (QED) is 0.802. The average molecular weight is 380 g/mol. The molecule has 0 saturated carbocycles. The van der Waals surface area contributed by atoms with Crippen LogP contribution in [0.15, 0.2) is 42.5 Å². The molecule has 0 radical (unpaired) electrons. The summed E-state index contributed by atoms with van der Waals surface area (Å²) >= 11 is 0. The van der Waals surface area contributed by atoms with Crippen LogP contribution in [-0.2, 0) is 9.59 Å². The molecule has 1 aliphatic heterocycles. The summed E-state index contributed by atoms with van der Waals surface area (Å²) in [6, 6.07) is 12.5. The number of anilines is 2. The molecule has 6 heteroatoms. The maximum atomic E-state index is 12.8. The third kappa shape index (κ3) is 4.06.